The molecule has 3 N–H and O–H groups in total. The van der Waals surface area contributed by atoms with Crippen LogP contribution in [0.15, 0.2) is 24.3 Å². The predicted molar refractivity (Wildman–Crippen MR) is 106 cm³/mol. The molecule has 0 aromatic heterocycles. The van der Waals surface area contributed by atoms with Crippen LogP contribution in [-0.4, -0.2) is 53.5 Å². The van der Waals surface area contributed by atoms with Crippen LogP contribution in [0.25, 0.3) is 0 Å². The second-order valence-electron chi connectivity index (χ2n) is 7.30. The second kappa shape index (κ2) is 8.73. The van der Waals surface area contributed by atoms with E-state index in [1.165, 1.54) is 6.42 Å². The molecule has 1 heterocycles. The molecule has 1 saturated heterocycles. The summed E-state index contributed by atoms with van der Waals surface area (Å²) in [6.07, 6.45) is 4.78. The number of nitrogens with one attached hydrogen (secondary N) is 1. The van der Waals surface area contributed by atoms with Crippen LogP contribution in [0.4, 0.5) is 10.5 Å². The van der Waals surface area contributed by atoms with Gasteiger partial charge in [-0.05, 0) is 37.5 Å². The van der Waals surface area contributed by atoms with E-state index in [2.05, 4.69) is 5.32 Å². The fraction of sp³-hybridized carbons (Fsp3) is 0.579. The molecule has 1 aliphatic heterocycles. The predicted octanol–water partition coefficient (Wildman–Crippen LogP) is 2.75. The van der Waals surface area contributed by atoms with Crippen LogP contribution >= 0.6 is 12.4 Å². The Balaban J connectivity index is 0.00000243. The third-order valence-corrected chi connectivity index (χ3v) is 5.30. The van der Waals surface area contributed by atoms with Crippen molar-refractivity contribution in [2.24, 2.45) is 5.73 Å². The molecule has 0 radical (unpaired) electrons. The molecule has 1 aromatic rings. The van der Waals surface area contributed by atoms with E-state index < -0.39 is 5.54 Å². The summed E-state index contributed by atoms with van der Waals surface area (Å²) in [5.74, 6) is 0.0611. The summed E-state index contributed by atoms with van der Waals surface area (Å²) in [5, 5.41) is 2.93. The third-order valence-electron chi connectivity index (χ3n) is 5.30. The summed E-state index contributed by atoms with van der Waals surface area (Å²) in [6, 6.07) is 7.63. The maximum Gasteiger partial charge on any atom is 0.321 e. The number of nitrogens with two attached hydrogens (primary N) is 1. The molecule has 6 nitrogen and oxygen atoms in total. The monoisotopic (exact) mass is 380 g/mol. The van der Waals surface area contributed by atoms with Crippen molar-refractivity contribution in [3.63, 3.8) is 0 Å². The van der Waals surface area contributed by atoms with Crippen LogP contribution in [0, 0.1) is 6.92 Å². The number of carbonyl (C=O) groups excluding carboxylic acids is 2. The van der Waals surface area contributed by atoms with Gasteiger partial charge in [0.05, 0.1) is 5.54 Å². The number of rotatable bonds is 2. The van der Waals surface area contributed by atoms with Crippen molar-refractivity contribution in [3.8, 4) is 0 Å². The van der Waals surface area contributed by atoms with E-state index in [4.69, 9.17) is 5.73 Å². The van der Waals surface area contributed by atoms with Gasteiger partial charge in [0.2, 0.25) is 5.91 Å². The van der Waals surface area contributed by atoms with Gasteiger partial charge in [0, 0.05) is 31.9 Å². The molecule has 7 heteroatoms. The molecule has 3 rings (SSSR count). The Morgan fingerprint density at radius 1 is 1.04 bits per heavy atom. The molecule has 1 aliphatic carbocycles. The minimum Gasteiger partial charge on any atom is -0.338 e. The zero-order valence-electron chi connectivity index (χ0n) is 15.4. The zero-order valence-corrected chi connectivity index (χ0v) is 16.2. The van der Waals surface area contributed by atoms with E-state index in [-0.39, 0.29) is 24.3 Å². The Kier molecular flexibility index (Phi) is 6.89. The highest BCUT2D eigenvalue weighted by Gasteiger charge is 2.39. The van der Waals surface area contributed by atoms with Crippen molar-refractivity contribution in [2.75, 3.05) is 31.5 Å². The van der Waals surface area contributed by atoms with Crippen LogP contribution in [0.2, 0.25) is 0 Å². The molecule has 2 aliphatic rings. The van der Waals surface area contributed by atoms with Crippen molar-refractivity contribution in [3.05, 3.63) is 29.8 Å². The number of nitrogens with zero attached hydrogens (tertiary/aromatic N) is 2. The number of anilines is 1. The lowest BCUT2D eigenvalue weighted by atomic mass is 9.81. The van der Waals surface area contributed by atoms with Crippen LogP contribution in [0.3, 0.4) is 0 Å². The van der Waals surface area contributed by atoms with Crippen LogP contribution in [0.5, 0.6) is 0 Å². The second-order valence-corrected chi connectivity index (χ2v) is 7.30. The largest absolute Gasteiger partial charge is 0.338 e. The fourth-order valence-corrected chi connectivity index (χ4v) is 3.75. The highest BCUT2D eigenvalue weighted by molar-refractivity contribution is 5.90. The van der Waals surface area contributed by atoms with Gasteiger partial charge in [-0.2, -0.15) is 0 Å². The summed E-state index contributed by atoms with van der Waals surface area (Å²) in [4.78, 5) is 28.8. The number of benzene rings is 1. The number of piperazine rings is 1. The third kappa shape index (κ3) is 4.68. The standard InChI is InChI=1S/C19H28N4O2.ClH/c1-15-6-5-7-16(14-15)21-18(25)23-12-10-22(11-13-23)17(24)19(20)8-3-2-4-9-19;/h5-7,14H,2-4,8-13,20H2,1H3,(H,21,25);1H. The molecule has 3 amide bonds. The number of aryl methyl sites for hydroxylation is 1. The average Bonchev–Trinajstić information content (AvgIpc) is 2.62. The lowest BCUT2D eigenvalue weighted by Gasteiger charge is -2.41. The highest BCUT2D eigenvalue weighted by atomic mass is 35.5. The van der Waals surface area contributed by atoms with Crippen molar-refractivity contribution in [2.45, 2.75) is 44.6 Å². The summed E-state index contributed by atoms with van der Waals surface area (Å²) < 4.78 is 0. The van der Waals surface area contributed by atoms with E-state index in [1.54, 1.807) is 4.90 Å². The maximum absolute atomic E-state index is 12.8. The van der Waals surface area contributed by atoms with Crippen molar-refractivity contribution >= 4 is 30.0 Å². The van der Waals surface area contributed by atoms with E-state index >= 15 is 0 Å². The molecule has 2 fully saturated rings. The number of carbonyl (C=O) groups is 2. The van der Waals surface area contributed by atoms with Crippen molar-refractivity contribution < 1.29 is 9.59 Å². The van der Waals surface area contributed by atoms with Crippen LogP contribution < -0.4 is 11.1 Å². The Morgan fingerprint density at radius 2 is 1.65 bits per heavy atom. The Labute approximate surface area is 161 Å². The number of amides is 3. The minimum absolute atomic E-state index is 0. The highest BCUT2D eigenvalue weighted by Crippen LogP contribution is 2.28. The summed E-state index contributed by atoms with van der Waals surface area (Å²) in [6.45, 7) is 4.19. The van der Waals surface area contributed by atoms with E-state index in [9.17, 15) is 9.59 Å². The molecule has 144 valence electrons. The van der Waals surface area contributed by atoms with Gasteiger partial charge in [-0.15, -0.1) is 12.4 Å². The molecular formula is C19H29ClN4O2. The first kappa shape index (κ1) is 20.5. The van der Waals surface area contributed by atoms with Gasteiger partial charge in [-0.3, -0.25) is 4.79 Å². The fourth-order valence-electron chi connectivity index (χ4n) is 3.75. The Bertz CT molecular complexity index is 638. The first-order valence-electron chi connectivity index (χ1n) is 9.19. The molecule has 1 aromatic carbocycles. The van der Waals surface area contributed by atoms with E-state index in [1.807, 2.05) is 36.1 Å². The zero-order chi connectivity index (χ0) is 17.9. The van der Waals surface area contributed by atoms with Gasteiger partial charge in [0.1, 0.15) is 0 Å². The number of urea groups is 1. The van der Waals surface area contributed by atoms with Crippen LogP contribution in [-0.2, 0) is 4.79 Å². The maximum atomic E-state index is 12.8. The first-order valence-corrected chi connectivity index (χ1v) is 9.19. The lowest BCUT2D eigenvalue weighted by molar-refractivity contribution is -0.139. The molecule has 26 heavy (non-hydrogen) atoms. The molecule has 0 bridgehead atoms. The summed E-state index contributed by atoms with van der Waals surface area (Å²) in [7, 11) is 0. The topological polar surface area (TPSA) is 78.7 Å². The van der Waals surface area contributed by atoms with E-state index in [0.29, 0.717) is 26.2 Å². The van der Waals surface area contributed by atoms with Crippen molar-refractivity contribution in [1.82, 2.24) is 9.80 Å². The minimum atomic E-state index is -0.690. The summed E-state index contributed by atoms with van der Waals surface area (Å²) in [5.41, 5.74) is 7.57. The van der Waals surface area contributed by atoms with E-state index in [0.717, 1.165) is 36.9 Å². The SMILES string of the molecule is Cc1cccc(NC(=O)N2CCN(C(=O)C3(N)CCCCC3)CC2)c1.Cl. The van der Waals surface area contributed by atoms with Crippen molar-refractivity contribution in [1.29, 1.82) is 0 Å². The molecular weight excluding hydrogens is 352 g/mol. The number of hydrogen-bond acceptors (Lipinski definition) is 3. The van der Waals surface area contributed by atoms with Gasteiger partial charge in [0.25, 0.3) is 0 Å². The Morgan fingerprint density at radius 3 is 2.27 bits per heavy atom. The molecule has 0 atom stereocenters. The molecule has 0 spiro atoms. The first-order chi connectivity index (χ1) is 12.0. The molecule has 0 unspecified atom stereocenters. The Hall–Kier alpha value is -1.79. The summed E-state index contributed by atoms with van der Waals surface area (Å²) >= 11 is 0. The normalized spacial score (nSPS) is 19.5. The number of hydrogen-bond donors (Lipinski definition) is 2. The van der Waals surface area contributed by atoms with Gasteiger partial charge in [-0.1, -0.05) is 31.4 Å². The van der Waals surface area contributed by atoms with Gasteiger partial charge >= 0.3 is 6.03 Å². The van der Waals surface area contributed by atoms with Gasteiger partial charge in [-0.25, -0.2) is 4.79 Å². The van der Waals surface area contributed by atoms with Gasteiger partial charge in [0.15, 0.2) is 0 Å². The van der Waals surface area contributed by atoms with Crippen LogP contribution in [0.1, 0.15) is 37.7 Å². The quantitative estimate of drug-likeness (QED) is 0.828. The lowest BCUT2D eigenvalue weighted by Crippen LogP contribution is -2.60. The molecule has 1 saturated carbocycles. The smallest absolute Gasteiger partial charge is 0.321 e. The number of halogens is 1. The average molecular weight is 381 g/mol. The van der Waals surface area contributed by atoms with Gasteiger partial charge < -0.3 is 20.9 Å².